The number of hydrogen-bond donors (Lipinski definition) is 0. The molecule has 6 heteroatoms. The van der Waals surface area contributed by atoms with Crippen molar-refractivity contribution in [3.8, 4) is 0 Å². The predicted molar refractivity (Wildman–Crippen MR) is 88.3 cm³/mol. The van der Waals surface area contributed by atoms with E-state index >= 15 is 0 Å². The maximum atomic E-state index is 12.7. The molecule has 126 valence electrons. The van der Waals surface area contributed by atoms with Gasteiger partial charge in [0.2, 0.25) is 0 Å². The van der Waals surface area contributed by atoms with Crippen LogP contribution in [0.1, 0.15) is 30.1 Å². The second-order valence-electron chi connectivity index (χ2n) is 6.11. The lowest BCUT2D eigenvalue weighted by Gasteiger charge is -2.33. The van der Waals surface area contributed by atoms with Gasteiger partial charge in [-0.3, -0.25) is 9.48 Å². The van der Waals surface area contributed by atoms with Crippen molar-refractivity contribution in [1.29, 1.82) is 0 Å². The zero-order chi connectivity index (χ0) is 17.0. The Labute approximate surface area is 141 Å². The second kappa shape index (κ2) is 6.86. The van der Waals surface area contributed by atoms with E-state index < -0.39 is 5.54 Å². The SMILES string of the molecule is C[C@]1(C(=O)OCCn2cccn2)CCCN1C(=O)c1ccccc1. The number of esters is 1. The Morgan fingerprint density at radius 3 is 2.75 bits per heavy atom. The van der Waals surface area contributed by atoms with Gasteiger partial charge >= 0.3 is 5.97 Å². The van der Waals surface area contributed by atoms with Gasteiger partial charge in [0.05, 0.1) is 6.54 Å². The van der Waals surface area contributed by atoms with Crippen LogP contribution in [0.25, 0.3) is 0 Å². The first-order valence-electron chi connectivity index (χ1n) is 8.13. The lowest BCUT2D eigenvalue weighted by molar-refractivity contribution is -0.154. The number of aromatic nitrogens is 2. The number of likely N-dealkylation sites (tertiary alicyclic amines) is 1. The highest BCUT2D eigenvalue weighted by atomic mass is 16.5. The number of amides is 1. The molecule has 1 saturated heterocycles. The van der Waals surface area contributed by atoms with Gasteiger partial charge in [0.1, 0.15) is 12.1 Å². The minimum absolute atomic E-state index is 0.125. The van der Waals surface area contributed by atoms with Crippen LogP contribution in [-0.2, 0) is 16.1 Å². The van der Waals surface area contributed by atoms with E-state index in [2.05, 4.69) is 5.10 Å². The van der Waals surface area contributed by atoms with E-state index in [-0.39, 0.29) is 18.5 Å². The molecule has 6 nitrogen and oxygen atoms in total. The molecule has 2 aromatic rings. The van der Waals surface area contributed by atoms with E-state index in [0.29, 0.717) is 25.1 Å². The molecule has 0 N–H and O–H groups in total. The molecule has 0 spiro atoms. The van der Waals surface area contributed by atoms with Gasteiger partial charge in [-0.2, -0.15) is 5.10 Å². The molecule has 1 aromatic heterocycles. The fourth-order valence-electron chi connectivity index (χ4n) is 3.06. The van der Waals surface area contributed by atoms with Gasteiger partial charge in [-0.25, -0.2) is 4.79 Å². The molecule has 0 bridgehead atoms. The first kappa shape index (κ1) is 16.2. The predicted octanol–water partition coefficient (Wildman–Crippen LogP) is 2.12. The van der Waals surface area contributed by atoms with Crippen LogP contribution in [0.2, 0.25) is 0 Å². The normalized spacial score (nSPS) is 20.1. The monoisotopic (exact) mass is 327 g/mol. The Hall–Kier alpha value is -2.63. The van der Waals surface area contributed by atoms with Crippen LogP contribution in [0, 0.1) is 0 Å². The molecule has 24 heavy (non-hydrogen) atoms. The fraction of sp³-hybridized carbons (Fsp3) is 0.389. The van der Waals surface area contributed by atoms with Crippen molar-refractivity contribution in [2.24, 2.45) is 0 Å². The summed E-state index contributed by atoms with van der Waals surface area (Å²) in [6, 6.07) is 10.9. The largest absolute Gasteiger partial charge is 0.462 e. The van der Waals surface area contributed by atoms with Crippen LogP contribution in [0.5, 0.6) is 0 Å². The molecule has 1 atom stereocenters. The molecule has 1 aliphatic heterocycles. The quantitative estimate of drug-likeness (QED) is 0.789. The summed E-state index contributed by atoms with van der Waals surface area (Å²) in [6.07, 6.45) is 4.91. The maximum absolute atomic E-state index is 12.7. The van der Waals surface area contributed by atoms with Crippen molar-refractivity contribution >= 4 is 11.9 Å². The van der Waals surface area contributed by atoms with Gasteiger partial charge in [0.25, 0.3) is 5.91 Å². The van der Waals surface area contributed by atoms with E-state index in [4.69, 9.17) is 4.74 Å². The van der Waals surface area contributed by atoms with Crippen molar-refractivity contribution in [2.45, 2.75) is 31.8 Å². The van der Waals surface area contributed by atoms with Gasteiger partial charge in [-0.15, -0.1) is 0 Å². The van der Waals surface area contributed by atoms with Crippen molar-refractivity contribution in [2.75, 3.05) is 13.2 Å². The van der Waals surface area contributed by atoms with Crippen LogP contribution in [0.3, 0.4) is 0 Å². The molecule has 0 saturated carbocycles. The number of benzene rings is 1. The summed E-state index contributed by atoms with van der Waals surface area (Å²) >= 11 is 0. The van der Waals surface area contributed by atoms with E-state index in [1.165, 1.54) is 0 Å². The molecular formula is C18H21N3O3. The summed E-state index contributed by atoms with van der Waals surface area (Å²) in [5.74, 6) is -0.476. The first-order chi connectivity index (χ1) is 11.6. The van der Waals surface area contributed by atoms with Crippen molar-refractivity contribution in [3.05, 3.63) is 54.4 Å². The fourth-order valence-corrected chi connectivity index (χ4v) is 3.06. The molecule has 2 heterocycles. The van der Waals surface area contributed by atoms with Gasteiger partial charge in [0, 0.05) is 24.5 Å². The molecule has 0 aliphatic carbocycles. The first-order valence-corrected chi connectivity index (χ1v) is 8.13. The van der Waals surface area contributed by atoms with E-state index in [1.54, 1.807) is 34.8 Å². The van der Waals surface area contributed by atoms with Crippen LogP contribution in [-0.4, -0.2) is 45.2 Å². The lowest BCUT2D eigenvalue weighted by Crippen LogP contribution is -2.51. The third-order valence-corrected chi connectivity index (χ3v) is 4.46. The minimum atomic E-state index is -0.906. The van der Waals surface area contributed by atoms with Crippen molar-refractivity contribution in [1.82, 2.24) is 14.7 Å². The number of hydrogen-bond acceptors (Lipinski definition) is 4. The van der Waals surface area contributed by atoms with Crippen LogP contribution >= 0.6 is 0 Å². The topological polar surface area (TPSA) is 64.4 Å². The van der Waals surface area contributed by atoms with Gasteiger partial charge < -0.3 is 9.64 Å². The number of carbonyl (C=O) groups is 2. The molecule has 1 aromatic carbocycles. The summed E-state index contributed by atoms with van der Waals surface area (Å²) in [7, 11) is 0. The zero-order valence-electron chi connectivity index (χ0n) is 13.7. The Kier molecular flexibility index (Phi) is 4.64. The smallest absolute Gasteiger partial charge is 0.331 e. The van der Waals surface area contributed by atoms with Gasteiger partial charge in [-0.05, 0) is 38.0 Å². The Balaban J connectivity index is 1.65. The summed E-state index contributed by atoms with van der Waals surface area (Å²) in [5, 5.41) is 4.07. The number of carbonyl (C=O) groups excluding carboxylic acids is 2. The van der Waals surface area contributed by atoms with E-state index in [9.17, 15) is 9.59 Å². The van der Waals surface area contributed by atoms with Crippen LogP contribution in [0.15, 0.2) is 48.8 Å². The van der Waals surface area contributed by atoms with E-state index in [1.807, 2.05) is 30.5 Å². The summed E-state index contributed by atoms with van der Waals surface area (Å²) in [5.41, 5.74) is -0.313. The summed E-state index contributed by atoms with van der Waals surface area (Å²) in [4.78, 5) is 27.0. The molecule has 1 aliphatic rings. The molecular weight excluding hydrogens is 306 g/mol. The molecule has 1 fully saturated rings. The Morgan fingerprint density at radius 1 is 1.25 bits per heavy atom. The van der Waals surface area contributed by atoms with Crippen LogP contribution < -0.4 is 0 Å². The molecule has 0 unspecified atom stereocenters. The molecule has 1 amide bonds. The average Bonchev–Trinajstić information content (AvgIpc) is 3.25. The lowest BCUT2D eigenvalue weighted by atomic mass is 9.98. The Morgan fingerprint density at radius 2 is 2.04 bits per heavy atom. The maximum Gasteiger partial charge on any atom is 0.331 e. The highest BCUT2D eigenvalue weighted by Gasteiger charge is 2.47. The number of nitrogens with zero attached hydrogens (tertiary/aromatic N) is 3. The highest BCUT2D eigenvalue weighted by molar-refractivity contribution is 5.98. The third kappa shape index (κ3) is 3.18. The summed E-state index contributed by atoms with van der Waals surface area (Å²) < 4.78 is 7.13. The van der Waals surface area contributed by atoms with Gasteiger partial charge in [0.15, 0.2) is 0 Å². The molecule has 3 rings (SSSR count). The number of ether oxygens (including phenoxy) is 1. The molecule has 0 radical (unpaired) electrons. The average molecular weight is 327 g/mol. The zero-order valence-corrected chi connectivity index (χ0v) is 13.7. The van der Waals surface area contributed by atoms with E-state index in [0.717, 1.165) is 6.42 Å². The summed E-state index contributed by atoms with van der Waals surface area (Å²) in [6.45, 7) is 3.10. The Bertz CT molecular complexity index is 700. The number of rotatable bonds is 5. The van der Waals surface area contributed by atoms with Crippen molar-refractivity contribution in [3.63, 3.8) is 0 Å². The third-order valence-electron chi connectivity index (χ3n) is 4.46. The van der Waals surface area contributed by atoms with Gasteiger partial charge in [-0.1, -0.05) is 18.2 Å². The standard InChI is InChI=1S/C18H21N3O3/c1-18(17(23)24-14-13-20-11-6-10-19-20)9-5-12-21(18)16(22)15-7-3-2-4-8-15/h2-4,6-8,10-11H,5,9,12-14H2,1H3/t18-/m1/s1. The highest BCUT2D eigenvalue weighted by Crippen LogP contribution is 2.31. The second-order valence-corrected chi connectivity index (χ2v) is 6.11. The minimum Gasteiger partial charge on any atom is -0.462 e. The van der Waals surface area contributed by atoms with Crippen molar-refractivity contribution < 1.29 is 14.3 Å². The van der Waals surface area contributed by atoms with Crippen LogP contribution in [0.4, 0.5) is 0 Å².